The molecule has 2 aromatic heterocycles. The van der Waals surface area contributed by atoms with Crippen LogP contribution in [-0.2, 0) is 6.42 Å². The molecule has 0 saturated carbocycles. The molecule has 3 aromatic rings. The maximum Gasteiger partial charge on any atom is 0.392 e. The molecule has 1 aliphatic rings. The van der Waals surface area contributed by atoms with Gasteiger partial charge in [-0.15, -0.1) is 0 Å². The number of fused-ring (bicyclic) bond motifs is 1. The van der Waals surface area contributed by atoms with E-state index in [4.69, 9.17) is 0 Å². The number of aromatic nitrogens is 2. The van der Waals surface area contributed by atoms with Gasteiger partial charge in [0.05, 0.1) is 22.9 Å². The maximum absolute atomic E-state index is 13.2. The number of halogens is 3. The average molecular weight is 371 g/mol. The fourth-order valence-corrected chi connectivity index (χ4v) is 3.41. The molecule has 0 spiro atoms. The number of nitrogens with zero attached hydrogens (tertiary/aromatic N) is 1. The highest BCUT2D eigenvalue weighted by Crippen LogP contribution is 2.43. The third-order valence-electron chi connectivity index (χ3n) is 4.71. The summed E-state index contributed by atoms with van der Waals surface area (Å²) in [6.07, 6.45) is -1.97. The van der Waals surface area contributed by atoms with E-state index >= 15 is 0 Å². The van der Waals surface area contributed by atoms with Gasteiger partial charge in [-0.3, -0.25) is 9.78 Å². The smallest absolute Gasteiger partial charge is 0.356 e. The van der Waals surface area contributed by atoms with Crippen LogP contribution >= 0.6 is 0 Å². The van der Waals surface area contributed by atoms with E-state index < -0.39 is 24.3 Å². The Bertz CT molecular complexity index is 965. The molecule has 7 heteroatoms. The van der Waals surface area contributed by atoms with Gasteiger partial charge in [0.1, 0.15) is 0 Å². The fraction of sp³-hybridized carbons (Fsp3) is 0.200. The molecule has 0 unspecified atom stereocenters. The Morgan fingerprint density at radius 3 is 2.41 bits per heavy atom. The van der Waals surface area contributed by atoms with Crippen molar-refractivity contribution in [3.05, 3.63) is 66.1 Å². The zero-order chi connectivity index (χ0) is 19.0. The number of alkyl halides is 3. The highest BCUT2D eigenvalue weighted by Gasteiger charge is 2.45. The second-order valence-corrected chi connectivity index (χ2v) is 6.53. The van der Waals surface area contributed by atoms with Gasteiger partial charge < -0.3 is 10.3 Å². The molecule has 0 saturated heterocycles. The van der Waals surface area contributed by atoms with Gasteiger partial charge in [-0.1, -0.05) is 18.2 Å². The number of aromatic amines is 1. The van der Waals surface area contributed by atoms with Crippen molar-refractivity contribution in [2.75, 3.05) is 5.32 Å². The van der Waals surface area contributed by atoms with Crippen LogP contribution in [0.4, 0.5) is 24.5 Å². The number of hydrogen-bond donors (Lipinski definition) is 2. The molecule has 4 nitrogen and oxygen atoms in total. The zero-order valence-corrected chi connectivity index (χ0v) is 14.2. The van der Waals surface area contributed by atoms with Crippen LogP contribution in [-0.4, -0.2) is 21.9 Å². The third-order valence-corrected chi connectivity index (χ3v) is 4.71. The molecule has 1 aliphatic carbocycles. The maximum atomic E-state index is 13.2. The van der Waals surface area contributed by atoms with E-state index in [0.29, 0.717) is 22.6 Å². The molecule has 4 rings (SSSR count). The fourth-order valence-electron chi connectivity index (χ4n) is 3.41. The highest BCUT2D eigenvalue weighted by atomic mass is 19.4. The van der Waals surface area contributed by atoms with Crippen LogP contribution in [0.5, 0.6) is 0 Å². The minimum absolute atomic E-state index is 0.237. The van der Waals surface area contributed by atoms with Crippen LogP contribution in [0.25, 0.3) is 11.3 Å². The third kappa shape index (κ3) is 3.32. The Hall–Kier alpha value is -3.09. The summed E-state index contributed by atoms with van der Waals surface area (Å²) in [7, 11) is 0. The van der Waals surface area contributed by atoms with Gasteiger partial charge in [-0.2, -0.15) is 13.2 Å². The zero-order valence-electron chi connectivity index (χ0n) is 14.2. The van der Waals surface area contributed by atoms with Crippen LogP contribution in [0.15, 0.2) is 54.9 Å². The van der Waals surface area contributed by atoms with Crippen LogP contribution < -0.4 is 5.32 Å². The van der Waals surface area contributed by atoms with Gasteiger partial charge in [0, 0.05) is 42.2 Å². The minimum atomic E-state index is -4.40. The van der Waals surface area contributed by atoms with E-state index in [9.17, 15) is 18.0 Å². The first-order valence-corrected chi connectivity index (χ1v) is 8.50. The van der Waals surface area contributed by atoms with E-state index in [-0.39, 0.29) is 6.42 Å². The molecule has 0 bridgehead atoms. The van der Waals surface area contributed by atoms with Crippen LogP contribution in [0, 0.1) is 5.92 Å². The summed E-state index contributed by atoms with van der Waals surface area (Å²) in [5.41, 5.74) is 3.22. The first kappa shape index (κ1) is 17.3. The minimum Gasteiger partial charge on any atom is -0.356 e. The summed E-state index contributed by atoms with van der Waals surface area (Å²) in [4.78, 5) is 19.7. The Morgan fingerprint density at radius 2 is 1.74 bits per heavy atom. The van der Waals surface area contributed by atoms with Crippen molar-refractivity contribution < 1.29 is 18.0 Å². The Labute approximate surface area is 153 Å². The summed E-state index contributed by atoms with van der Waals surface area (Å²) < 4.78 is 39.6. The van der Waals surface area contributed by atoms with Crippen molar-refractivity contribution in [3.63, 3.8) is 0 Å². The molecular weight excluding hydrogens is 355 g/mol. The van der Waals surface area contributed by atoms with E-state index in [2.05, 4.69) is 15.3 Å². The number of hydrogen-bond acceptors (Lipinski definition) is 3. The van der Waals surface area contributed by atoms with Gasteiger partial charge in [0.2, 0.25) is 0 Å². The van der Waals surface area contributed by atoms with Crippen molar-refractivity contribution >= 4 is 17.2 Å². The molecule has 27 heavy (non-hydrogen) atoms. The summed E-state index contributed by atoms with van der Waals surface area (Å²) >= 11 is 0. The van der Waals surface area contributed by atoms with E-state index in [1.54, 1.807) is 24.5 Å². The van der Waals surface area contributed by atoms with Gasteiger partial charge in [0.25, 0.3) is 0 Å². The monoisotopic (exact) mass is 371 g/mol. The first-order valence-electron chi connectivity index (χ1n) is 8.50. The van der Waals surface area contributed by atoms with Crippen molar-refractivity contribution in [2.45, 2.75) is 19.0 Å². The van der Waals surface area contributed by atoms with Crippen molar-refractivity contribution in [1.82, 2.24) is 9.97 Å². The van der Waals surface area contributed by atoms with E-state index in [1.807, 2.05) is 30.3 Å². The summed E-state index contributed by atoms with van der Waals surface area (Å²) in [5.74, 6) is -2.17. The highest BCUT2D eigenvalue weighted by molar-refractivity contribution is 6.07. The number of Topliss-reactive ketones (excluding diaryl/α,β-unsaturated/α-hetero) is 1. The van der Waals surface area contributed by atoms with Crippen LogP contribution in [0.3, 0.4) is 0 Å². The quantitative estimate of drug-likeness (QED) is 0.671. The van der Waals surface area contributed by atoms with Crippen molar-refractivity contribution in [3.8, 4) is 11.3 Å². The molecule has 2 heterocycles. The van der Waals surface area contributed by atoms with Crippen molar-refractivity contribution in [2.24, 2.45) is 5.92 Å². The number of carbonyl (C=O) groups excluding carboxylic acids is 1. The predicted octanol–water partition coefficient (Wildman–Crippen LogP) is 5.13. The topological polar surface area (TPSA) is 57.8 Å². The number of anilines is 2. The van der Waals surface area contributed by atoms with Crippen LogP contribution in [0.1, 0.15) is 22.5 Å². The molecule has 1 aromatic carbocycles. The number of ketones is 1. The van der Waals surface area contributed by atoms with E-state index in [0.717, 1.165) is 11.3 Å². The molecule has 0 aliphatic heterocycles. The molecule has 0 radical (unpaired) electrons. The van der Waals surface area contributed by atoms with Gasteiger partial charge in [-0.25, -0.2) is 0 Å². The number of carbonyl (C=O) groups is 1. The first-order chi connectivity index (χ1) is 12.9. The lowest BCUT2D eigenvalue weighted by Gasteiger charge is -2.24. The molecule has 0 fully saturated rings. The van der Waals surface area contributed by atoms with Gasteiger partial charge in [0.15, 0.2) is 5.78 Å². The lowest BCUT2D eigenvalue weighted by atomic mass is 9.86. The van der Waals surface area contributed by atoms with Gasteiger partial charge >= 0.3 is 6.18 Å². The number of nitrogens with one attached hydrogen (secondary N) is 2. The lowest BCUT2D eigenvalue weighted by Crippen LogP contribution is -2.31. The Morgan fingerprint density at radius 1 is 1.04 bits per heavy atom. The Balaban J connectivity index is 1.84. The SMILES string of the molecule is O=C1C[C@@H](C(F)(F)F)Cc2[nH]c(-c3ccncc3)c(Nc3ccccc3)c21. The number of pyridine rings is 1. The lowest BCUT2D eigenvalue weighted by molar-refractivity contribution is -0.174. The summed E-state index contributed by atoms with van der Waals surface area (Å²) in [5, 5.41) is 3.21. The summed E-state index contributed by atoms with van der Waals surface area (Å²) in [6, 6.07) is 12.7. The van der Waals surface area contributed by atoms with Gasteiger partial charge in [-0.05, 0) is 24.3 Å². The van der Waals surface area contributed by atoms with Crippen LogP contribution in [0.2, 0.25) is 0 Å². The second kappa shape index (κ2) is 6.57. The second-order valence-electron chi connectivity index (χ2n) is 6.53. The summed E-state index contributed by atoms with van der Waals surface area (Å²) in [6.45, 7) is 0. The molecule has 0 amide bonds. The van der Waals surface area contributed by atoms with Crippen molar-refractivity contribution in [1.29, 1.82) is 0 Å². The normalized spacial score (nSPS) is 16.9. The molecule has 2 N–H and O–H groups in total. The largest absolute Gasteiger partial charge is 0.392 e. The molecule has 138 valence electrons. The van der Waals surface area contributed by atoms with E-state index in [1.165, 1.54) is 0 Å². The number of benzene rings is 1. The average Bonchev–Trinajstić information content (AvgIpc) is 3.01. The number of rotatable bonds is 3. The standard InChI is InChI=1S/C20H16F3N3O/c21-20(22,23)13-10-15-17(16(27)11-13)19(25-14-4-2-1-3-5-14)18(26-15)12-6-8-24-9-7-12/h1-9,13,25-26H,10-11H2/t13-/m0/s1. The number of H-pyrrole nitrogens is 1. The number of para-hydroxylation sites is 1. The predicted molar refractivity (Wildman–Crippen MR) is 95.9 cm³/mol. The Kier molecular flexibility index (Phi) is 4.22. The molecular formula is C20H16F3N3O. The molecule has 1 atom stereocenters.